The molecule has 0 aliphatic rings. The number of carbonyl (C=O) groups is 1. The van der Waals surface area contributed by atoms with Crippen molar-refractivity contribution in [3.05, 3.63) is 47.2 Å². The standard InChI is InChI=1S/C14H17N3O2.ClH/c1-3-11-7-16-13(19-11)8-17-14(18)12-6-10(15)5-4-9(12)2;/h4-7H,3,8,15H2,1-2H3,(H,17,18);1H. The number of nitrogens with one attached hydrogen (secondary N) is 1. The molecule has 0 atom stereocenters. The molecule has 0 bridgehead atoms. The van der Waals surface area contributed by atoms with Crippen molar-refractivity contribution < 1.29 is 9.21 Å². The Morgan fingerprint density at radius 2 is 2.20 bits per heavy atom. The minimum atomic E-state index is -0.180. The van der Waals surface area contributed by atoms with E-state index in [1.807, 2.05) is 19.9 Å². The summed E-state index contributed by atoms with van der Waals surface area (Å²) in [6.07, 6.45) is 2.46. The van der Waals surface area contributed by atoms with Crippen molar-refractivity contribution in [2.75, 3.05) is 5.73 Å². The summed E-state index contributed by atoms with van der Waals surface area (Å²) < 4.78 is 5.42. The minimum Gasteiger partial charge on any atom is -0.444 e. The second kappa shape index (κ2) is 6.96. The highest BCUT2D eigenvalue weighted by atomic mass is 35.5. The van der Waals surface area contributed by atoms with E-state index in [-0.39, 0.29) is 24.9 Å². The van der Waals surface area contributed by atoms with Crippen molar-refractivity contribution in [3.8, 4) is 0 Å². The van der Waals surface area contributed by atoms with Gasteiger partial charge in [0, 0.05) is 17.7 Å². The first kappa shape index (κ1) is 16.0. The van der Waals surface area contributed by atoms with Crippen molar-refractivity contribution in [2.24, 2.45) is 0 Å². The SMILES string of the molecule is CCc1cnc(CNC(=O)c2cc(N)ccc2C)o1.Cl. The van der Waals surface area contributed by atoms with Gasteiger partial charge in [0.15, 0.2) is 0 Å². The highest BCUT2D eigenvalue weighted by molar-refractivity contribution is 5.96. The van der Waals surface area contributed by atoms with Crippen LogP contribution in [0.25, 0.3) is 0 Å². The summed E-state index contributed by atoms with van der Waals surface area (Å²) in [5, 5.41) is 2.77. The Hall–Kier alpha value is -2.01. The first-order chi connectivity index (χ1) is 9.10. The minimum absolute atomic E-state index is 0. The average Bonchev–Trinajstić information content (AvgIpc) is 2.87. The molecule has 0 fully saturated rings. The van der Waals surface area contributed by atoms with Crippen LogP contribution in [0.15, 0.2) is 28.8 Å². The number of hydrogen-bond donors (Lipinski definition) is 2. The molecule has 5 nitrogen and oxygen atoms in total. The Labute approximate surface area is 124 Å². The number of nitrogens with two attached hydrogens (primary N) is 1. The van der Waals surface area contributed by atoms with E-state index in [0.29, 0.717) is 17.1 Å². The lowest BCUT2D eigenvalue weighted by Gasteiger charge is -2.07. The third-order valence-corrected chi connectivity index (χ3v) is 2.86. The number of rotatable bonds is 4. The number of halogens is 1. The molecule has 2 rings (SSSR count). The number of aromatic nitrogens is 1. The summed E-state index contributed by atoms with van der Waals surface area (Å²) >= 11 is 0. The number of oxazole rings is 1. The summed E-state index contributed by atoms with van der Waals surface area (Å²) in [6.45, 7) is 4.13. The van der Waals surface area contributed by atoms with Gasteiger partial charge in [0.2, 0.25) is 5.89 Å². The van der Waals surface area contributed by atoms with Crippen LogP contribution in [0.4, 0.5) is 5.69 Å². The maximum absolute atomic E-state index is 12.0. The van der Waals surface area contributed by atoms with Crippen LogP contribution in [-0.2, 0) is 13.0 Å². The van der Waals surface area contributed by atoms with Crippen LogP contribution in [0.2, 0.25) is 0 Å². The highest BCUT2D eigenvalue weighted by Crippen LogP contribution is 2.12. The average molecular weight is 296 g/mol. The summed E-state index contributed by atoms with van der Waals surface area (Å²) in [4.78, 5) is 16.1. The van der Waals surface area contributed by atoms with Crippen molar-refractivity contribution >= 4 is 24.0 Å². The number of benzene rings is 1. The number of anilines is 1. The van der Waals surface area contributed by atoms with Crippen LogP contribution in [-0.4, -0.2) is 10.9 Å². The van der Waals surface area contributed by atoms with Gasteiger partial charge in [-0.1, -0.05) is 13.0 Å². The van der Waals surface area contributed by atoms with Gasteiger partial charge in [-0.2, -0.15) is 0 Å². The topological polar surface area (TPSA) is 81.2 Å². The predicted molar refractivity (Wildman–Crippen MR) is 79.9 cm³/mol. The van der Waals surface area contributed by atoms with Crippen molar-refractivity contribution in [2.45, 2.75) is 26.8 Å². The Bertz CT molecular complexity index is 596. The second-order valence-electron chi connectivity index (χ2n) is 4.33. The molecule has 0 aliphatic heterocycles. The van der Waals surface area contributed by atoms with Gasteiger partial charge in [-0.3, -0.25) is 4.79 Å². The molecule has 0 saturated heterocycles. The summed E-state index contributed by atoms with van der Waals surface area (Å²) in [5.74, 6) is 1.14. The van der Waals surface area contributed by atoms with Crippen LogP contribution < -0.4 is 11.1 Å². The lowest BCUT2D eigenvalue weighted by atomic mass is 10.1. The van der Waals surface area contributed by atoms with E-state index in [0.717, 1.165) is 17.7 Å². The van der Waals surface area contributed by atoms with E-state index in [1.54, 1.807) is 18.3 Å². The Morgan fingerprint density at radius 1 is 1.45 bits per heavy atom. The summed E-state index contributed by atoms with van der Waals surface area (Å²) in [5.41, 5.74) is 7.71. The lowest BCUT2D eigenvalue weighted by molar-refractivity contribution is 0.0946. The van der Waals surface area contributed by atoms with Crippen molar-refractivity contribution in [1.82, 2.24) is 10.3 Å². The Balaban J connectivity index is 0.00000200. The molecule has 0 spiro atoms. The molecule has 0 aliphatic carbocycles. The third kappa shape index (κ3) is 3.74. The molecular formula is C14H18ClN3O2. The molecular weight excluding hydrogens is 278 g/mol. The maximum Gasteiger partial charge on any atom is 0.252 e. The van der Waals surface area contributed by atoms with E-state index >= 15 is 0 Å². The van der Waals surface area contributed by atoms with Crippen LogP contribution >= 0.6 is 12.4 Å². The molecule has 20 heavy (non-hydrogen) atoms. The molecule has 1 aromatic heterocycles. The molecule has 0 radical (unpaired) electrons. The van der Waals surface area contributed by atoms with Gasteiger partial charge in [-0.25, -0.2) is 4.98 Å². The van der Waals surface area contributed by atoms with Crippen LogP contribution in [0, 0.1) is 6.92 Å². The zero-order valence-electron chi connectivity index (χ0n) is 11.5. The molecule has 1 aromatic carbocycles. The van der Waals surface area contributed by atoms with Crippen molar-refractivity contribution in [3.63, 3.8) is 0 Å². The second-order valence-corrected chi connectivity index (χ2v) is 4.33. The fraction of sp³-hybridized carbons (Fsp3) is 0.286. The number of nitrogen functional groups attached to an aromatic ring is 1. The van der Waals surface area contributed by atoms with E-state index < -0.39 is 0 Å². The zero-order chi connectivity index (χ0) is 13.8. The van der Waals surface area contributed by atoms with Gasteiger partial charge < -0.3 is 15.5 Å². The molecule has 0 saturated carbocycles. The van der Waals surface area contributed by atoms with Gasteiger partial charge in [0.25, 0.3) is 5.91 Å². The summed E-state index contributed by atoms with van der Waals surface area (Å²) in [6, 6.07) is 5.26. The number of carbonyl (C=O) groups excluding carboxylic acids is 1. The smallest absolute Gasteiger partial charge is 0.252 e. The maximum atomic E-state index is 12.0. The molecule has 3 N–H and O–H groups in total. The quantitative estimate of drug-likeness (QED) is 0.849. The highest BCUT2D eigenvalue weighted by Gasteiger charge is 2.10. The first-order valence-electron chi connectivity index (χ1n) is 6.18. The number of hydrogen-bond acceptors (Lipinski definition) is 4. The van der Waals surface area contributed by atoms with Crippen LogP contribution in [0.1, 0.15) is 34.5 Å². The van der Waals surface area contributed by atoms with Crippen LogP contribution in [0.3, 0.4) is 0 Å². The van der Waals surface area contributed by atoms with E-state index in [9.17, 15) is 4.79 Å². The van der Waals surface area contributed by atoms with Crippen molar-refractivity contribution in [1.29, 1.82) is 0 Å². The fourth-order valence-electron chi connectivity index (χ4n) is 1.73. The fourth-order valence-corrected chi connectivity index (χ4v) is 1.73. The molecule has 6 heteroatoms. The molecule has 2 aromatic rings. The molecule has 1 heterocycles. The van der Waals surface area contributed by atoms with Gasteiger partial charge in [-0.15, -0.1) is 12.4 Å². The van der Waals surface area contributed by atoms with E-state index in [1.165, 1.54) is 0 Å². The molecule has 0 unspecified atom stereocenters. The Morgan fingerprint density at radius 3 is 2.85 bits per heavy atom. The normalized spacial score (nSPS) is 9.90. The van der Waals surface area contributed by atoms with Gasteiger partial charge in [-0.05, 0) is 24.6 Å². The Kier molecular flexibility index (Phi) is 5.58. The summed E-state index contributed by atoms with van der Waals surface area (Å²) in [7, 11) is 0. The first-order valence-corrected chi connectivity index (χ1v) is 6.18. The number of aryl methyl sites for hydroxylation is 2. The molecule has 1 amide bonds. The lowest BCUT2D eigenvalue weighted by Crippen LogP contribution is -2.23. The van der Waals surface area contributed by atoms with E-state index in [2.05, 4.69) is 10.3 Å². The van der Waals surface area contributed by atoms with Gasteiger partial charge >= 0.3 is 0 Å². The van der Waals surface area contributed by atoms with Crippen LogP contribution in [0.5, 0.6) is 0 Å². The monoisotopic (exact) mass is 295 g/mol. The largest absolute Gasteiger partial charge is 0.444 e. The number of amides is 1. The zero-order valence-corrected chi connectivity index (χ0v) is 12.3. The number of nitrogens with zero attached hydrogens (tertiary/aromatic N) is 1. The molecule has 108 valence electrons. The third-order valence-electron chi connectivity index (χ3n) is 2.86. The van der Waals surface area contributed by atoms with Gasteiger partial charge in [0.05, 0.1) is 12.7 Å². The van der Waals surface area contributed by atoms with E-state index in [4.69, 9.17) is 10.2 Å². The van der Waals surface area contributed by atoms with Gasteiger partial charge in [0.1, 0.15) is 5.76 Å². The predicted octanol–water partition coefficient (Wildman–Crippen LogP) is 2.48.